The normalized spacial score (nSPS) is 10.0. The number of hydrogen-bond donors (Lipinski definition) is 3. The third-order valence-corrected chi connectivity index (χ3v) is 1.72. The van der Waals surface area contributed by atoms with E-state index in [9.17, 15) is 4.79 Å². The van der Waals surface area contributed by atoms with E-state index in [1.54, 1.807) is 12.3 Å². The quantitative estimate of drug-likeness (QED) is 0.642. The average Bonchev–Trinajstić information content (AvgIpc) is 2.70. The first kappa shape index (κ1) is 8.49. The van der Waals surface area contributed by atoms with E-state index in [1.807, 2.05) is 0 Å². The Morgan fingerprint density at radius 3 is 3.00 bits per heavy atom. The largest absolute Gasteiger partial charge is 0.350 e. The van der Waals surface area contributed by atoms with E-state index < -0.39 is 0 Å². The molecule has 0 fully saturated rings. The van der Waals surface area contributed by atoms with Crippen molar-refractivity contribution in [2.75, 3.05) is 5.32 Å². The van der Waals surface area contributed by atoms with Gasteiger partial charge in [0.2, 0.25) is 11.5 Å². The summed E-state index contributed by atoms with van der Waals surface area (Å²) in [5.74, 6) is 0.608. The van der Waals surface area contributed by atoms with Gasteiger partial charge in [-0.3, -0.25) is 4.79 Å². The van der Waals surface area contributed by atoms with Gasteiger partial charge in [0, 0.05) is 18.8 Å². The number of nitrogens with one attached hydrogen (secondary N) is 3. The average molecular weight is 191 g/mol. The molecule has 0 saturated heterocycles. The second-order valence-electron chi connectivity index (χ2n) is 2.75. The van der Waals surface area contributed by atoms with Gasteiger partial charge in [0.25, 0.3) is 0 Å². The molecule has 0 amide bonds. The van der Waals surface area contributed by atoms with Gasteiger partial charge in [0.1, 0.15) is 6.33 Å². The molecule has 0 aliphatic carbocycles. The van der Waals surface area contributed by atoms with Gasteiger partial charge in [-0.2, -0.15) is 5.10 Å². The number of aromatic amines is 2. The van der Waals surface area contributed by atoms with Crippen LogP contribution in [-0.2, 0) is 6.54 Å². The van der Waals surface area contributed by atoms with Gasteiger partial charge in [-0.25, -0.2) is 10.1 Å². The van der Waals surface area contributed by atoms with Crippen LogP contribution in [0.1, 0.15) is 5.56 Å². The fourth-order valence-electron chi connectivity index (χ4n) is 1.03. The van der Waals surface area contributed by atoms with E-state index in [2.05, 4.69) is 25.5 Å². The Kier molecular flexibility index (Phi) is 2.26. The molecular formula is C8H9N5O. The van der Waals surface area contributed by atoms with Crippen molar-refractivity contribution in [3.8, 4) is 0 Å². The molecule has 2 aromatic heterocycles. The standard InChI is InChI=1S/C8H9N5O/c14-7-2-1-6(3-9-7)4-10-8-11-5-12-13-8/h1-3,5H,4H2,(H,9,14)(H2,10,11,12,13). The van der Waals surface area contributed by atoms with Crippen molar-refractivity contribution in [1.29, 1.82) is 0 Å². The summed E-state index contributed by atoms with van der Waals surface area (Å²) in [6, 6.07) is 3.24. The second kappa shape index (κ2) is 3.73. The maximum Gasteiger partial charge on any atom is 0.247 e. The van der Waals surface area contributed by atoms with Crippen molar-refractivity contribution >= 4 is 5.95 Å². The molecule has 6 heteroatoms. The van der Waals surface area contributed by atoms with E-state index in [4.69, 9.17) is 0 Å². The van der Waals surface area contributed by atoms with Gasteiger partial charge < -0.3 is 10.3 Å². The van der Waals surface area contributed by atoms with Crippen LogP contribution in [0.15, 0.2) is 29.5 Å². The Morgan fingerprint density at radius 1 is 1.43 bits per heavy atom. The van der Waals surface area contributed by atoms with Crippen molar-refractivity contribution in [2.24, 2.45) is 0 Å². The summed E-state index contributed by atoms with van der Waals surface area (Å²) >= 11 is 0. The van der Waals surface area contributed by atoms with Crippen LogP contribution in [0.2, 0.25) is 0 Å². The summed E-state index contributed by atoms with van der Waals surface area (Å²) in [5.41, 5.74) is 0.870. The summed E-state index contributed by atoms with van der Waals surface area (Å²) in [7, 11) is 0. The van der Waals surface area contributed by atoms with Crippen LogP contribution in [0.4, 0.5) is 5.95 Å². The first-order valence-corrected chi connectivity index (χ1v) is 4.11. The van der Waals surface area contributed by atoms with Gasteiger partial charge >= 0.3 is 0 Å². The van der Waals surface area contributed by atoms with E-state index in [1.165, 1.54) is 12.4 Å². The number of H-pyrrole nitrogens is 2. The molecule has 72 valence electrons. The maximum atomic E-state index is 10.8. The number of rotatable bonds is 3. The minimum absolute atomic E-state index is 0.103. The molecule has 2 aromatic rings. The summed E-state index contributed by atoms with van der Waals surface area (Å²) < 4.78 is 0. The monoisotopic (exact) mass is 191 g/mol. The lowest BCUT2D eigenvalue weighted by molar-refractivity contribution is 1.03. The van der Waals surface area contributed by atoms with Gasteiger partial charge in [0.05, 0.1) is 0 Å². The van der Waals surface area contributed by atoms with Crippen molar-refractivity contribution in [3.05, 3.63) is 40.6 Å². The Morgan fingerprint density at radius 2 is 2.36 bits per heavy atom. The lowest BCUT2D eigenvalue weighted by Crippen LogP contribution is -2.06. The predicted octanol–water partition coefficient (Wildman–Crippen LogP) is 0.105. The molecular weight excluding hydrogens is 182 g/mol. The highest BCUT2D eigenvalue weighted by Gasteiger charge is 1.95. The van der Waals surface area contributed by atoms with Gasteiger partial charge in [-0.1, -0.05) is 6.07 Å². The first-order chi connectivity index (χ1) is 6.84. The maximum absolute atomic E-state index is 10.8. The van der Waals surface area contributed by atoms with Gasteiger partial charge in [-0.05, 0) is 5.56 Å². The van der Waals surface area contributed by atoms with Crippen LogP contribution in [0, 0.1) is 0 Å². The van der Waals surface area contributed by atoms with Crippen LogP contribution in [0.5, 0.6) is 0 Å². The smallest absolute Gasteiger partial charge is 0.247 e. The molecule has 14 heavy (non-hydrogen) atoms. The van der Waals surface area contributed by atoms with E-state index in [-0.39, 0.29) is 5.56 Å². The number of aromatic nitrogens is 4. The Balaban J connectivity index is 1.99. The highest BCUT2D eigenvalue weighted by Crippen LogP contribution is 1.98. The fraction of sp³-hybridized carbons (Fsp3) is 0.125. The molecule has 0 bridgehead atoms. The molecule has 2 rings (SSSR count). The lowest BCUT2D eigenvalue weighted by Gasteiger charge is -2.00. The molecule has 0 spiro atoms. The summed E-state index contributed by atoms with van der Waals surface area (Å²) in [6.45, 7) is 0.589. The van der Waals surface area contributed by atoms with Gasteiger partial charge in [-0.15, -0.1) is 0 Å². The van der Waals surface area contributed by atoms with E-state index >= 15 is 0 Å². The Hall–Kier alpha value is -2.11. The van der Waals surface area contributed by atoms with Crippen LogP contribution in [0.3, 0.4) is 0 Å². The minimum Gasteiger partial charge on any atom is -0.350 e. The molecule has 0 atom stereocenters. The summed E-state index contributed by atoms with van der Waals surface area (Å²) in [5, 5.41) is 9.38. The number of nitrogens with zero attached hydrogens (tertiary/aromatic N) is 2. The minimum atomic E-state index is -0.103. The SMILES string of the molecule is O=c1ccc(CNc2ncn[nH]2)c[nH]1. The predicted molar refractivity (Wildman–Crippen MR) is 50.8 cm³/mol. The number of pyridine rings is 1. The van der Waals surface area contributed by atoms with E-state index in [0.717, 1.165) is 5.56 Å². The highest BCUT2D eigenvalue weighted by atomic mass is 16.1. The third kappa shape index (κ3) is 1.98. The lowest BCUT2D eigenvalue weighted by atomic mass is 10.3. The molecule has 0 unspecified atom stereocenters. The summed E-state index contributed by atoms with van der Waals surface area (Å²) in [4.78, 5) is 17.2. The van der Waals surface area contributed by atoms with Crippen LogP contribution in [-0.4, -0.2) is 20.2 Å². The summed E-state index contributed by atoms with van der Waals surface area (Å²) in [6.07, 6.45) is 3.08. The second-order valence-corrected chi connectivity index (χ2v) is 2.75. The molecule has 3 N–H and O–H groups in total. The molecule has 0 aliphatic heterocycles. The Bertz CT molecular complexity index is 427. The van der Waals surface area contributed by atoms with Crippen LogP contribution in [0.25, 0.3) is 0 Å². The zero-order valence-corrected chi connectivity index (χ0v) is 7.32. The van der Waals surface area contributed by atoms with E-state index in [0.29, 0.717) is 12.5 Å². The van der Waals surface area contributed by atoms with Crippen LogP contribution < -0.4 is 10.9 Å². The Labute approximate surface area is 79.4 Å². The molecule has 2 heterocycles. The molecule has 6 nitrogen and oxygen atoms in total. The first-order valence-electron chi connectivity index (χ1n) is 4.11. The molecule has 0 aromatic carbocycles. The highest BCUT2D eigenvalue weighted by molar-refractivity contribution is 5.23. The van der Waals surface area contributed by atoms with Gasteiger partial charge in [0.15, 0.2) is 0 Å². The van der Waals surface area contributed by atoms with Crippen LogP contribution >= 0.6 is 0 Å². The van der Waals surface area contributed by atoms with Crippen molar-refractivity contribution in [2.45, 2.75) is 6.54 Å². The van der Waals surface area contributed by atoms with Crippen molar-refractivity contribution < 1.29 is 0 Å². The molecule has 0 aliphatic rings. The zero-order valence-electron chi connectivity index (χ0n) is 7.32. The third-order valence-electron chi connectivity index (χ3n) is 1.72. The van der Waals surface area contributed by atoms with Crippen molar-refractivity contribution in [1.82, 2.24) is 20.2 Å². The zero-order chi connectivity index (χ0) is 9.80. The fourth-order valence-corrected chi connectivity index (χ4v) is 1.03. The molecule has 0 saturated carbocycles. The number of anilines is 1. The molecule has 0 radical (unpaired) electrons. The van der Waals surface area contributed by atoms with Crippen molar-refractivity contribution in [3.63, 3.8) is 0 Å². The topological polar surface area (TPSA) is 86.5 Å². The number of hydrogen-bond acceptors (Lipinski definition) is 4.